The van der Waals surface area contributed by atoms with Gasteiger partial charge in [-0.15, -0.1) is 0 Å². The molecule has 1 aromatic rings. The van der Waals surface area contributed by atoms with Crippen molar-refractivity contribution in [3.05, 3.63) is 35.9 Å². The Morgan fingerprint density at radius 2 is 1.90 bits per heavy atom. The van der Waals surface area contributed by atoms with Gasteiger partial charge < -0.3 is 5.11 Å². The maximum absolute atomic E-state index is 12.6. The minimum atomic E-state index is -1.24. The Morgan fingerprint density at radius 3 is 2.40 bits per heavy atom. The first kappa shape index (κ1) is 7.22. The van der Waals surface area contributed by atoms with E-state index in [1.54, 1.807) is 24.3 Å². The molecule has 0 fully saturated rings. The molecule has 10 heavy (non-hydrogen) atoms. The van der Waals surface area contributed by atoms with Crippen LogP contribution in [-0.4, -0.2) is 11.7 Å². The highest BCUT2D eigenvalue weighted by atomic mass is 19.1. The van der Waals surface area contributed by atoms with E-state index in [9.17, 15) is 4.39 Å². The summed E-state index contributed by atoms with van der Waals surface area (Å²) in [5.74, 6) is 0. The Labute approximate surface area is 59.1 Å². The standard InChI is InChI=1S/C8H9FO/c9-8(6-10)7-4-2-1-3-5-7/h1-5,8,10H,6H2/t8-/m1/s1. The van der Waals surface area contributed by atoms with Gasteiger partial charge in [-0.05, 0) is 5.56 Å². The molecule has 0 aliphatic heterocycles. The molecule has 0 saturated heterocycles. The Balaban J connectivity index is 2.75. The Bertz CT molecular complexity index is 186. The molecule has 2 heteroatoms. The van der Waals surface area contributed by atoms with E-state index in [0.717, 1.165) is 0 Å². The number of alkyl halides is 1. The number of hydrogen-bond acceptors (Lipinski definition) is 1. The molecule has 0 aliphatic rings. The molecule has 1 atom stereocenters. The van der Waals surface area contributed by atoms with Crippen LogP contribution in [0.3, 0.4) is 0 Å². The van der Waals surface area contributed by atoms with Gasteiger partial charge >= 0.3 is 0 Å². The lowest BCUT2D eigenvalue weighted by atomic mass is 10.1. The predicted molar refractivity (Wildman–Crippen MR) is 37.4 cm³/mol. The number of aliphatic hydroxyl groups is 1. The first-order chi connectivity index (χ1) is 4.84. The summed E-state index contributed by atoms with van der Waals surface area (Å²) in [4.78, 5) is 0. The molecule has 0 aliphatic carbocycles. The largest absolute Gasteiger partial charge is 0.393 e. The maximum Gasteiger partial charge on any atom is 0.148 e. The summed E-state index contributed by atoms with van der Waals surface area (Å²) in [6.07, 6.45) is -1.24. The second kappa shape index (κ2) is 3.32. The van der Waals surface area contributed by atoms with Gasteiger partial charge in [-0.25, -0.2) is 4.39 Å². The van der Waals surface area contributed by atoms with E-state index in [0.29, 0.717) is 5.56 Å². The van der Waals surface area contributed by atoms with Crippen LogP contribution < -0.4 is 0 Å². The van der Waals surface area contributed by atoms with Gasteiger partial charge in [0.05, 0.1) is 6.61 Å². The number of aliphatic hydroxyl groups excluding tert-OH is 1. The van der Waals surface area contributed by atoms with Crippen LogP contribution in [0, 0.1) is 0 Å². The van der Waals surface area contributed by atoms with E-state index >= 15 is 0 Å². The van der Waals surface area contributed by atoms with Gasteiger partial charge in [-0.3, -0.25) is 0 Å². The molecule has 0 unspecified atom stereocenters. The minimum absolute atomic E-state index is 0.440. The fourth-order valence-electron chi connectivity index (χ4n) is 0.767. The molecule has 1 rings (SSSR count). The van der Waals surface area contributed by atoms with Gasteiger partial charge in [-0.1, -0.05) is 30.3 Å². The lowest BCUT2D eigenvalue weighted by Crippen LogP contribution is -1.95. The number of hydrogen-bond donors (Lipinski definition) is 1. The molecule has 1 N–H and O–H groups in total. The van der Waals surface area contributed by atoms with Gasteiger partial charge in [0, 0.05) is 0 Å². The van der Waals surface area contributed by atoms with Crippen molar-refractivity contribution in [1.29, 1.82) is 0 Å². The molecule has 0 heterocycles. The second-order valence-electron chi connectivity index (χ2n) is 2.06. The summed E-state index contributed by atoms with van der Waals surface area (Å²) < 4.78 is 12.6. The van der Waals surface area contributed by atoms with Crippen LogP contribution in [-0.2, 0) is 0 Å². The van der Waals surface area contributed by atoms with Crippen LogP contribution in [0.4, 0.5) is 4.39 Å². The smallest absolute Gasteiger partial charge is 0.148 e. The SMILES string of the molecule is OC[C@@H](F)c1ccccc1. The van der Waals surface area contributed by atoms with E-state index in [1.807, 2.05) is 6.07 Å². The van der Waals surface area contributed by atoms with E-state index in [-0.39, 0.29) is 0 Å². The van der Waals surface area contributed by atoms with Crippen molar-refractivity contribution in [2.45, 2.75) is 6.17 Å². The van der Waals surface area contributed by atoms with Crippen LogP contribution in [0.15, 0.2) is 30.3 Å². The quantitative estimate of drug-likeness (QED) is 0.662. The van der Waals surface area contributed by atoms with Gasteiger partial charge in [0.25, 0.3) is 0 Å². The zero-order valence-corrected chi connectivity index (χ0v) is 5.50. The third-order valence-corrected chi connectivity index (χ3v) is 1.32. The minimum Gasteiger partial charge on any atom is -0.393 e. The Kier molecular flexibility index (Phi) is 2.40. The Morgan fingerprint density at radius 1 is 1.30 bits per heavy atom. The summed E-state index contributed by atoms with van der Waals surface area (Å²) in [6.45, 7) is -0.440. The fourth-order valence-corrected chi connectivity index (χ4v) is 0.767. The third kappa shape index (κ3) is 1.54. The highest BCUT2D eigenvalue weighted by Gasteiger charge is 2.04. The van der Waals surface area contributed by atoms with Crippen molar-refractivity contribution >= 4 is 0 Å². The molecule has 54 valence electrons. The number of rotatable bonds is 2. The summed E-state index contributed by atoms with van der Waals surface area (Å²) in [6, 6.07) is 8.62. The molecule has 0 spiro atoms. The van der Waals surface area contributed by atoms with Crippen LogP contribution in [0.1, 0.15) is 11.7 Å². The normalized spacial score (nSPS) is 13.0. The molecular weight excluding hydrogens is 131 g/mol. The first-order valence-electron chi connectivity index (χ1n) is 3.14. The fraction of sp³-hybridized carbons (Fsp3) is 0.250. The molecule has 0 radical (unpaired) electrons. The lowest BCUT2D eigenvalue weighted by Gasteiger charge is -2.02. The van der Waals surface area contributed by atoms with E-state index in [2.05, 4.69) is 0 Å². The highest BCUT2D eigenvalue weighted by molar-refractivity contribution is 5.17. The van der Waals surface area contributed by atoms with Crippen LogP contribution in [0.25, 0.3) is 0 Å². The number of halogens is 1. The van der Waals surface area contributed by atoms with Crippen molar-refractivity contribution < 1.29 is 9.50 Å². The molecule has 0 aromatic heterocycles. The summed E-state index contributed by atoms with van der Waals surface area (Å²) in [5.41, 5.74) is 0.532. The van der Waals surface area contributed by atoms with Crippen molar-refractivity contribution in [1.82, 2.24) is 0 Å². The highest BCUT2D eigenvalue weighted by Crippen LogP contribution is 2.14. The average molecular weight is 140 g/mol. The summed E-state index contributed by atoms with van der Waals surface area (Å²) in [5, 5.41) is 8.41. The average Bonchev–Trinajstić information content (AvgIpc) is 2.05. The van der Waals surface area contributed by atoms with Gasteiger partial charge in [0.2, 0.25) is 0 Å². The van der Waals surface area contributed by atoms with Crippen LogP contribution in [0.5, 0.6) is 0 Å². The zero-order valence-electron chi connectivity index (χ0n) is 5.50. The van der Waals surface area contributed by atoms with E-state index < -0.39 is 12.8 Å². The predicted octanol–water partition coefficient (Wildman–Crippen LogP) is 1.69. The summed E-state index contributed by atoms with van der Waals surface area (Å²) in [7, 11) is 0. The maximum atomic E-state index is 12.6. The first-order valence-corrected chi connectivity index (χ1v) is 3.14. The zero-order chi connectivity index (χ0) is 7.40. The molecule has 0 bridgehead atoms. The van der Waals surface area contributed by atoms with E-state index in [1.165, 1.54) is 0 Å². The molecule has 1 aromatic carbocycles. The number of benzene rings is 1. The van der Waals surface area contributed by atoms with Crippen molar-refractivity contribution in [3.8, 4) is 0 Å². The molecule has 0 saturated carbocycles. The lowest BCUT2D eigenvalue weighted by molar-refractivity contribution is 0.180. The monoisotopic (exact) mass is 140 g/mol. The molecular formula is C8H9FO. The summed E-state index contributed by atoms with van der Waals surface area (Å²) >= 11 is 0. The van der Waals surface area contributed by atoms with Gasteiger partial charge in [0.15, 0.2) is 0 Å². The topological polar surface area (TPSA) is 20.2 Å². The van der Waals surface area contributed by atoms with Crippen molar-refractivity contribution in [2.24, 2.45) is 0 Å². The van der Waals surface area contributed by atoms with Crippen molar-refractivity contribution in [2.75, 3.05) is 6.61 Å². The second-order valence-corrected chi connectivity index (χ2v) is 2.06. The van der Waals surface area contributed by atoms with Crippen molar-refractivity contribution in [3.63, 3.8) is 0 Å². The van der Waals surface area contributed by atoms with Crippen LogP contribution in [0.2, 0.25) is 0 Å². The van der Waals surface area contributed by atoms with Gasteiger partial charge in [0.1, 0.15) is 6.17 Å². The Hall–Kier alpha value is -0.890. The molecule has 0 amide bonds. The van der Waals surface area contributed by atoms with Gasteiger partial charge in [-0.2, -0.15) is 0 Å². The molecule has 1 nitrogen and oxygen atoms in total. The van der Waals surface area contributed by atoms with E-state index in [4.69, 9.17) is 5.11 Å². The third-order valence-electron chi connectivity index (χ3n) is 1.32. The van der Waals surface area contributed by atoms with Crippen LogP contribution >= 0.6 is 0 Å².